The molecule has 2 aromatic heterocycles. The zero-order chi connectivity index (χ0) is 17.9. The third-order valence-corrected chi connectivity index (χ3v) is 4.68. The highest BCUT2D eigenvalue weighted by Crippen LogP contribution is 2.22. The Bertz CT molecular complexity index is 894. The second-order valence-electron chi connectivity index (χ2n) is 6.40. The van der Waals surface area contributed by atoms with Crippen LogP contribution in [0.2, 0.25) is 0 Å². The first-order chi connectivity index (χ1) is 12.7. The molecule has 0 radical (unpaired) electrons. The molecule has 1 aliphatic rings. The van der Waals surface area contributed by atoms with Gasteiger partial charge in [0, 0.05) is 19.4 Å². The van der Waals surface area contributed by atoms with Crippen LogP contribution in [0.4, 0.5) is 5.69 Å². The van der Waals surface area contributed by atoms with Crippen LogP contribution >= 0.6 is 0 Å². The predicted molar refractivity (Wildman–Crippen MR) is 97.6 cm³/mol. The number of aromatic nitrogens is 4. The molecule has 3 heterocycles. The van der Waals surface area contributed by atoms with Crippen molar-refractivity contribution in [1.82, 2.24) is 19.6 Å². The number of para-hydroxylation sites is 1. The molecule has 134 valence electrons. The summed E-state index contributed by atoms with van der Waals surface area (Å²) in [6.07, 6.45) is 7.05. The highest BCUT2D eigenvalue weighted by atomic mass is 16.5. The summed E-state index contributed by atoms with van der Waals surface area (Å²) in [7, 11) is 0. The molecule has 1 saturated heterocycles. The minimum Gasteiger partial charge on any atom is -0.381 e. The zero-order valence-corrected chi connectivity index (χ0v) is 14.6. The maximum Gasteiger partial charge on any atom is 0.259 e. The molecule has 0 unspecified atom stereocenters. The molecule has 7 heteroatoms. The second kappa shape index (κ2) is 7.13. The van der Waals surface area contributed by atoms with Crippen LogP contribution in [0.25, 0.3) is 5.69 Å². The Labute approximate surface area is 151 Å². The molecular weight excluding hydrogens is 330 g/mol. The molecule has 0 atom stereocenters. The molecule has 0 aliphatic carbocycles. The largest absolute Gasteiger partial charge is 0.381 e. The Morgan fingerprint density at radius 2 is 1.92 bits per heavy atom. The maximum atomic E-state index is 12.6. The normalized spacial score (nSPS) is 15.1. The van der Waals surface area contributed by atoms with E-state index in [0.717, 1.165) is 37.4 Å². The fourth-order valence-corrected chi connectivity index (χ4v) is 3.21. The summed E-state index contributed by atoms with van der Waals surface area (Å²) < 4.78 is 9.06. The lowest BCUT2D eigenvalue weighted by molar-refractivity contribution is 0.0662. The highest BCUT2D eigenvalue weighted by molar-refractivity contribution is 6.04. The third-order valence-electron chi connectivity index (χ3n) is 4.68. The van der Waals surface area contributed by atoms with Gasteiger partial charge in [0.25, 0.3) is 5.91 Å². The van der Waals surface area contributed by atoms with Gasteiger partial charge in [0.05, 0.1) is 41.1 Å². The number of rotatable bonds is 4. The van der Waals surface area contributed by atoms with Crippen molar-refractivity contribution in [2.75, 3.05) is 18.5 Å². The number of nitrogens with zero attached hydrogens (tertiary/aromatic N) is 4. The lowest BCUT2D eigenvalue weighted by Crippen LogP contribution is -2.19. The maximum absolute atomic E-state index is 12.6. The fraction of sp³-hybridized carbons (Fsp3) is 0.316. The Kier molecular flexibility index (Phi) is 4.53. The number of ether oxygens (including phenoxy) is 1. The summed E-state index contributed by atoms with van der Waals surface area (Å²) in [5, 5.41) is 11.7. The van der Waals surface area contributed by atoms with Crippen LogP contribution in [0.1, 0.15) is 34.9 Å². The van der Waals surface area contributed by atoms with Crippen molar-refractivity contribution < 1.29 is 9.53 Å². The Balaban J connectivity index is 1.49. The first kappa shape index (κ1) is 16.5. The van der Waals surface area contributed by atoms with Gasteiger partial charge in [-0.05, 0) is 31.9 Å². The van der Waals surface area contributed by atoms with Gasteiger partial charge in [0.1, 0.15) is 0 Å². The van der Waals surface area contributed by atoms with E-state index < -0.39 is 0 Å². The average molecular weight is 351 g/mol. The lowest BCUT2D eigenvalue weighted by Gasteiger charge is -2.22. The molecule has 26 heavy (non-hydrogen) atoms. The number of hydrogen-bond acceptors (Lipinski definition) is 4. The second-order valence-corrected chi connectivity index (χ2v) is 6.40. The summed E-state index contributed by atoms with van der Waals surface area (Å²) in [6.45, 7) is 3.40. The summed E-state index contributed by atoms with van der Waals surface area (Å²) in [6, 6.07) is 10.1. The van der Waals surface area contributed by atoms with E-state index in [-0.39, 0.29) is 5.91 Å². The first-order valence-corrected chi connectivity index (χ1v) is 8.75. The van der Waals surface area contributed by atoms with Gasteiger partial charge in [-0.2, -0.15) is 10.2 Å². The van der Waals surface area contributed by atoms with E-state index in [1.807, 2.05) is 48.1 Å². The van der Waals surface area contributed by atoms with E-state index in [2.05, 4.69) is 15.5 Å². The van der Waals surface area contributed by atoms with Crippen LogP contribution < -0.4 is 5.32 Å². The van der Waals surface area contributed by atoms with Crippen molar-refractivity contribution in [1.29, 1.82) is 0 Å². The van der Waals surface area contributed by atoms with E-state index in [1.54, 1.807) is 17.1 Å². The number of amides is 1. The van der Waals surface area contributed by atoms with Gasteiger partial charge in [-0.25, -0.2) is 4.68 Å². The van der Waals surface area contributed by atoms with Gasteiger partial charge in [0.2, 0.25) is 0 Å². The van der Waals surface area contributed by atoms with Crippen LogP contribution in [0.5, 0.6) is 0 Å². The molecule has 3 aromatic rings. The zero-order valence-electron chi connectivity index (χ0n) is 14.6. The third kappa shape index (κ3) is 3.25. The topological polar surface area (TPSA) is 74.0 Å². The SMILES string of the molecule is Cc1c(C(=O)Nc2cnn(C3CCOCC3)c2)cnn1-c1ccccc1. The van der Waals surface area contributed by atoms with Crippen molar-refractivity contribution in [2.24, 2.45) is 0 Å². The van der Waals surface area contributed by atoms with Crippen molar-refractivity contribution in [3.63, 3.8) is 0 Å². The first-order valence-electron chi connectivity index (χ1n) is 8.75. The number of hydrogen-bond donors (Lipinski definition) is 1. The van der Waals surface area contributed by atoms with E-state index in [0.29, 0.717) is 17.3 Å². The molecule has 1 N–H and O–H groups in total. The molecule has 1 amide bonds. The molecule has 1 aliphatic heterocycles. The molecule has 4 rings (SSSR count). The summed E-state index contributed by atoms with van der Waals surface area (Å²) in [5.41, 5.74) is 2.96. The molecule has 0 bridgehead atoms. The fourth-order valence-electron chi connectivity index (χ4n) is 3.21. The van der Waals surface area contributed by atoms with Crippen molar-refractivity contribution >= 4 is 11.6 Å². The Morgan fingerprint density at radius 3 is 2.69 bits per heavy atom. The number of carbonyl (C=O) groups excluding carboxylic acids is 1. The van der Waals surface area contributed by atoms with Gasteiger partial charge in [0.15, 0.2) is 0 Å². The molecule has 1 aromatic carbocycles. The van der Waals surface area contributed by atoms with Gasteiger partial charge in [-0.3, -0.25) is 9.48 Å². The van der Waals surface area contributed by atoms with Gasteiger partial charge >= 0.3 is 0 Å². The van der Waals surface area contributed by atoms with Crippen LogP contribution in [0, 0.1) is 6.92 Å². The number of anilines is 1. The predicted octanol–water partition coefficient (Wildman–Crippen LogP) is 2.98. The minimum atomic E-state index is -0.184. The molecular formula is C19H21N5O2. The standard InChI is InChI=1S/C19H21N5O2/c1-14-18(12-21-24(14)17-5-3-2-4-6-17)19(25)22-15-11-20-23(13-15)16-7-9-26-10-8-16/h2-6,11-13,16H,7-10H2,1H3,(H,22,25). The number of benzene rings is 1. The average Bonchev–Trinajstić information content (AvgIpc) is 3.30. The van der Waals surface area contributed by atoms with Crippen LogP contribution in [-0.2, 0) is 4.74 Å². The van der Waals surface area contributed by atoms with Gasteiger partial charge < -0.3 is 10.1 Å². The minimum absolute atomic E-state index is 0.184. The Morgan fingerprint density at radius 1 is 1.15 bits per heavy atom. The monoisotopic (exact) mass is 351 g/mol. The van der Waals surface area contributed by atoms with E-state index in [1.165, 1.54) is 0 Å². The summed E-state index contributed by atoms with van der Waals surface area (Å²) >= 11 is 0. The summed E-state index contributed by atoms with van der Waals surface area (Å²) in [4.78, 5) is 12.6. The van der Waals surface area contributed by atoms with E-state index >= 15 is 0 Å². The van der Waals surface area contributed by atoms with Crippen molar-refractivity contribution in [2.45, 2.75) is 25.8 Å². The molecule has 7 nitrogen and oxygen atoms in total. The van der Waals surface area contributed by atoms with E-state index in [4.69, 9.17) is 4.74 Å². The van der Waals surface area contributed by atoms with Crippen LogP contribution in [-0.4, -0.2) is 38.7 Å². The van der Waals surface area contributed by atoms with E-state index in [9.17, 15) is 4.79 Å². The quantitative estimate of drug-likeness (QED) is 0.784. The van der Waals surface area contributed by atoms with Gasteiger partial charge in [-0.15, -0.1) is 0 Å². The molecule has 1 fully saturated rings. The number of nitrogens with one attached hydrogen (secondary N) is 1. The lowest BCUT2D eigenvalue weighted by atomic mass is 10.1. The smallest absolute Gasteiger partial charge is 0.259 e. The summed E-state index contributed by atoms with van der Waals surface area (Å²) in [5.74, 6) is -0.184. The van der Waals surface area contributed by atoms with Crippen molar-refractivity contribution in [3.8, 4) is 5.69 Å². The molecule has 0 spiro atoms. The number of carbonyl (C=O) groups is 1. The van der Waals surface area contributed by atoms with Gasteiger partial charge in [-0.1, -0.05) is 18.2 Å². The van der Waals surface area contributed by atoms with Crippen LogP contribution in [0.3, 0.4) is 0 Å². The highest BCUT2D eigenvalue weighted by Gasteiger charge is 2.19. The molecule has 0 saturated carbocycles. The van der Waals surface area contributed by atoms with Crippen LogP contribution in [0.15, 0.2) is 48.9 Å². The van der Waals surface area contributed by atoms with Crippen molar-refractivity contribution in [3.05, 3.63) is 60.2 Å². The Hall–Kier alpha value is -2.93.